The van der Waals surface area contributed by atoms with Crippen LogP contribution in [0.25, 0.3) is 0 Å². The van der Waals surface area contributed by atoms with E-state index in [2.05, 4.69) is 5.32 Å². The van der Waals surface area contributed by atoms with Gasteiger partial charge in [0.2, 0.25) is 5.91 Å². The molecule has 0 atom stereocenters. The lowest BCUT2D eigenvalue weighted by Gasteiger charge is -2.20. The SMILES string of the molecule is Cc1ccc(Cl)cc1NC(=O)c1ccc(Cl)cc1N1CCCC1=O. The Kier molecular flexibility index (Phi) is 4.78. The van der Waals surface area contributed by atoms with Gasteiger partial charge in [-0.1, -0.05) is 29.3 Å². The summed E-state index contributed by atoms with van der Waals surface area (Å²) in [6.45, 7) is 2.48. The summed E-state index contributed by atoms with van der Waals surface area (Å²) < 4.78 is 0. The van der Waals surface area contributed by atoms with Gasteiger partial charge in [0.15, 0.2) is 0 Å². The van der Waals surface area contributed by atoms with E-state index < -0.39 is 0 Å². The maximum Gasteiger partial charge on any atom is 0.257 e. The summed E-state index contributed by atoms with van der Waals surface area (Å²) in [6, 6.07) is 10.2. The van der Waals surface area contributed by atoms with Crippen LogP contribution in [0.5, 0.6) is 0 Å². The molecule has 2 aromatic carbocycles. The van der Waals surface area contributed by atoms with Crippen molar-refractivity contribution in [2.75, 3.05) is 16.8 Å². The van der Waals surface area contributed by atoms with E-state index >= 15 is 0 Å². The van der Waals surface area contributed by atoms with Gasteiger partial charge < -0.3 is 10.2 Å². The highest BCUT2D eigenvalue weighted by Crippen LogP contribution is 2.30. The average Bonchev–Trinajstić information content (AvgIpc) is 2.96. The van der Waals surface area contributed by atoms with Crippen molar-refractivity contribution in [3.63, 3.8) is 0 Å². The maximum absolute atomic E-state index is 12.7. The molecule has 0 unspecified atom stereocenters. The second-order valence-electron chi connectivity index (χ2n) is 5.72. The second kappa shape index (κ2) is 6.83. The number of carbonyl (C=O) groups is 2. The number of aryl methyl sites for hydroxylation is 1. The van der Waals surface area contributed by atoms with E-state index in [1.807, 2.05) is 13.0 Å². The van der Waals surface area contributed by atoms with Gasteiger partial charge in [-0.05, 0) is 49.2 Å². The molecule has 0 spiro atoms. The standard InChI is InChI=1S/C18H16Cl2N2O2/c1-11-4-5-12(19)9-15(11)21-18(24)14-7-6-13(20)10-16(14)22-8-2-3-17(22)23/h4-7,9-10H,2-3,8H2,1H3,(H,21,24). The van der Waals surface area contributed by atoms with Crippen LogP contribution in [0.1, 0.15) is 28.8 Å². The third-order valence-electron chi connectivity index (χ3n) is 4.02. The number of amides is 2. The highest BCUT2D eigenvalue weighted by molar-refractivity contribution is 6.31. The fourth-order valence-corrected chi connectivity index (χ4v) is 3.08. The molecule has 124 valence electrons. The quantitative estimate of drug-likeness (QED) is 0.861. The summed E-state index contributed by atoms with van der Waals surface area (Å²) in [7, 11) is 0. The number of anilines is 2. The van der Waals surface area contributed by atoms with Crippen LogP contribution < -0.4 is 10.2 Å². The van der Waals surface area contributed by atoms with E-state index in [0.717, 1.165) is 12.0 Å². The molecule has 24 heavy (non-hydrogen) atoms. The lowest BCUT2D eigenvalue weighted by Crippen LogP contribution is -2.27. The predicted molar refractivity (Wildman–Crippen MR) is 97.2 cm³/mol. The van der Waals surface area contributed by atoms with Gasteiger partial charge in [-0.2, -0.15) is 0 Å². The third-order valence-corrected chi connectivity index (χ3v) is 4.49. The Morgan fingerprint density at radius 3 is 2.54 bits per heavy atom. The van der Waals surface area contributed by atoms with Crippen molar-refractivity contribution in [2.45, 2.75) is 19.8 Å². The number of hydrogen-bond acceptors (Lipinski definition) is 2. The van der Waals surface area contributed by atoms with E-state index in [0.29, 0.717) is 39.9 Å². The summed E-state index contributed by atoms with van der Waals surface area (Å²) >= 11 is 12.1. The Hall–Kier alpha value is -2.04. The summed E-state index contributed by atoms with van der Waals surface area (Å²) in [4.78, 5) is 26.4. The van der Waals surface area contributed by atoms with Crippen LogP contribution >= 0.6 is 23.2 Å². The van der Waals surface area contributed by atoms with Gasteiger partial charge >= 0.3 is 0 Å². The zero-order valence-electron chi connectivity index (χ0n) is 13.1. The van der Waals surface area contributed by atoms with Crippen molar-refractivity contribution in [2.24, 2.45) is 0 Å². The second-order valence-corrected chi connectivity index (χ2v) is 6.60. The molecule has 6 heteroatoms. The summed E-state index contributed by atoms with van der Waals surface area (Å²) in [5.41, 5.74) is 2.50. The smallest absolute Gasteiger partial charge is 0.257 e. The molecule has 2 amide bonds. The normalized spacial score (nSPS) is 14.1. The molecule has 1 N–H and O–H groups in total. The van der Waals surface area contributed by atoms with Gasteiger partial charge in [0.1, 0.15) is 0 Å². The zero-order chi connectivity index (χ0) is 17.3. The molecule has 3 rings (SSSR count). The molecule has 1 fully saturated rings. The minimum Gasteiger partial charge on any atom is -0.322 e. The summed E-state index contributed by atoms with van der Waals surface area (Å²) in [6.07, 6.45) is 1.26. The first-order valence-corrected chi connectivity index (χ1v) is 8.39. The van der Waals surface area contributed by atoms with Gasteiger partial charge in [-0.3, -0.25) is 9.59 Å². The minimum absolute atomic E-state index is 0.00486. The van der Waals surface area contributed by atoms with Crippen LogP contribution in [0.15, 0.2) is 36.4 Å². The fraction of sp³-hybridized carbons (Fsp3) is 0.222. The topological polar surface area (TPSA) is 49.4 Å². The van der Waals surface area contributed by atoms with Crippen molar-refractivity contribution < 1.29 is 9.59 Å². The molecule has 4 nitrogen and oxygen atoms in total. The molecule has 0 radical (unpaired) electrons. The molecule has 1 aliphatic rings. The van der Waals surface area contributed by atoms with Gasteiger partial charge in [0.25, 0.3) is 5.91 Å². The largest absolute Gasteiger partial charge is 0.322 e. The molecule has 0 bridgehead atoms. The average molecular weight is 363 g/mol. The van der Waals surface area contributed by atoms with Crippen LogP contribution in [-0.2, 0) is 4.79 Å². The van der Waals surface area contributed by atoms with Crippen molar-refractivity contribution in [3.05, 3.63) is 57.6 Å². The third kappa shape index (κ3) is 3.40. The molecule has 0 aliphatic carbocycles. The molecule has 1 aliphatic heterocycles. The van der Waals surface area contributed by atoms with Crippen molar-refractivity contribution in [3.8, 4) is 0 Å². The Morgan fingerprint density at radius 2 is 1.83 bits per heavy atom. The summed E-state index contributed by atoms with van der Waals surface area (Å²) in [5.74, 6) is -0.294. The van der Waals surface area contributed by atoms with E-state index in [1.165, 1.54) is 0 Å². The Morgan fingerprint density at radius 1 is 1.12 bits per heavy atom. The maximum atomic E-state index is 12.7. The van der Waals surface area contributed by atoms with E-state index in [9.17, 15) is 9.59 Å². The first kappa shape index (κ1) is 16.8. The number of rotatable bonds is 3. The van der Waals surface area contributed by atoms with Crippen molar-refractivity contribution in [1.29, 1.82) is 0 Å². The monoisotopic (exact) mass is 362 g/mol. The van der Waals surface area contributed by atoms with Gasteiger partial charge in [-0.25, -0.2) is 0 Å². The number of nitrogens with one attached hydrogen (secondary N) is 1. The number of halogens is 2. The van der Waals surface area contributed by atoms with Crippen molar-refractivity contribution >= 4 is 46.4 Å². The molecular weight excluding hydrogens is 347 g/mol. The molecule has 1 heterocycles. The van der Waals surface area contributed by atoms with Crippen LogP contribution in [-0.4, -0.2) is 18.4 Å². The number of carbonyl (C=O) groups excluding carboxylic acids is 2. The van der Waals surface area contributed by atoms with Gasteiger partial charge in [0, 0.05) is 28.7 Å². The van der Waals surface area contributed by atoms with Crippen LogP contribution in [0.3, 0.4) is 0 Å². The molecule has 2 aromatic rings. The number of nitrogens with zero attached hydrogens (tertiary/aromatic N) is 1. The first-order chi connectivity index (χ1) is 11.5. The molecular formula is C18H16Cl2N2O2. The highest BCUT2D eigenvalue weighted by Gasteiger charge is 2.26. The van der Waals surface area contributed by atoms with Crippen LogP contribution in [0.4, 0.5) is 11.4 Å². The molecule has 1 saturated heterocycles. The number of hydrogen-bond donors (Lipinski definition) is 1. The Bertz CT molecular complexity index is 821. The van der Waals surface area contributed by atoms with Crippen molar-refractivity contribution in [1.82, 2.24) is 0 Å². The zero-order valence-corrected chi connectivity index (χ0v) is 14.6. The Labute approximate surface area is 150 Å². The molecule has 0 saturated carbocycles. The van der Waals surface area contributed by atoms with Crippen LogP contribution in [0.2, 0.25) is 10.0 Å². The molecule has 0 aromatic heterocycles. The highest BCUT2D eigenvalue weighted by atomic mass is 35.5. The first-order valence-electron chi connectivity index (χ1n) is 7.63. The van der Waals surface area contributed by atoms with Gasteiger partial charge in [-0.15, -0.1) is 0 Å². The van der Waals surface area contributed by atoms with E-state index in [4.69, 9.17) is 23.2 Å². The van der Waals surface area contributed by atoms with Gasteiger partial charge in [0.05, 0.1) is 11.3 Å². The number of benzene rings is 2. The van der Waals surface area contributed by atoms with E-state index in [-0.39, 0.29) is 11.8 Å². The van der Waals surface area contributed by atoms with E-state index in [1.54, 1.807) is 35.2 Å². The van der Waals surface area contributed by atoms with Crippen LogP contribution in [0, 0.1) is 6.92 Å². The lowest BCUT2D eigenvalue weighted by atomic mass is 10.1. The Balaban J connectivity index is 1.95. The minimum atomic E-state index is -0.299. The fourth-order valence-electron chi connectivity index (χ4n) is 2.74. The lowest BCUT2D eigenvalue weighted by molar-refractivity contribution is -0.117. The summed E-state index contributed by atoms with van der Waals surface area (Å²) in [5, 5.41) is 3.89. The predicted octanol–water partition coefficient (Wildman–Crippen LogP) is 4.68.